The summed E-state index contributed by atoms with van der Waals surface area (Å²) in [7, 11) is 0. The number of unbranched alkanes of at least 4 members (excludes halogenated alkanes) is 1. The standard InChI is InChI=1S/C18H31NO/c1-4-6-8-16(5-2)14-20-12-7-9-17-10-11-18(19)15(3)13-17/h10-11,13,16H,4-9,12,14,19H2,1-3H3. The van der Waals surface area contributed by atoms with Crippen LogP contribution in [0.2, 0.25) is 0 Å². The molecule has 0 heterocycles. The average Bonchev–Trinajstić information content (AvgIpc) is 2.45. The first-order valence-corrected chi connectivity index (χ1v) is 8.10. The SMILES string of the molecule is CCCCC(CC)COCCCc1ccc(N)c(C)c1. The molecule has 1 atom stereocenters. The molecule has 1 unspecified atom stereocenters. The third-order valence-electron chi connectivity index (χ3n) is 3.99. The lowest BCUT2D eigenvalue weighted by molar-refractivity contribution is 0.0923. The molecule has 0 radical (unpaired) electrons. The van der Waals surface area contributed by atoms with Gasteiger partial charge in [0.15, 0.2) is 0 Å². The summed E-state index contributed by atoms with van der Waals surface area (Å²) in [6.45, 7) is 8.38. The number of nitrogen functional groups attached to an aromatic ring is 1. The first-order chi connectivity index (χ1) is 9.67. The largest absolute Gasteiger partial charge is 0.399 e. The molecule has 0 fully saturated rings. The number of aryl methyl sites for hydroxylation is 2. The van der Waals surface area contributed by atoms with Crippen LogP contribution in [0, 0.1) is 12.8 Å². The lowest BCUT2D eigenvalue weighted by atomic mass is 10.0. The van der Waals surface area contributed by atoms with Crippen molar-refractivity contribution in [3.05, 3.63) is 29.3 Å². The van der Waals surface area contributed by atoms with Gasteiger partial charge in [-0.3, -0.25) is 0 Å². The van der Waals surface area contributed by atoms with Gasteiger partial charge in [0.25, 0.3) is 0 Å². The van der Waals surface area contributed by atoms with E-state index in [0.717, 1.165) is 37.7 Å². The van der Waals surface area contributed by atoms with Gasteiger partial charge in [-0.2, -0.15) is 0 Å². The molecule has 0 amide bonds. The molecule has 0 aliphatic rings. The molecule has 0 spiro atoms. The fourth-order valence-corrected chi connectivity index (χ4v) is 2.42. The Balaban J connectivity index is 2.16. The second-order valence-corrected chi connectivity index (χ2v) is 5.79. The van der Waals surface area contributed by atoms with Gasteiger partial charge in [-0.05, 0) is 49.3 Å². The molecule has 1 aromatic rings. The number of ether oxygens (including phenoxy) is 1. The van der Waals surface area contributed by atoms with Crippen LogP contribution in [0.25, 0.3) is 0 Å². The number of rotatable bonds is 10. The summed E-state index contributed by atoms with van der Waals surface area (Å²) in [5, 5.41) is 0. The van der Waals surface area contributed by atoms with Gasteiger partial charge in [0, 0.05) is 18.9 Å². The minimum atomic E-state index is 0.744. The highest BCUT2D eigenvalue weighted by Gasteiger charge is 2.05. The Hall–Kier alpha value is -1.02. The zero-order valence-corrected chi connectivity index (χ0v) is 13.5. The van der Waals surface area contributed by atoms with Gasteiger partial charge >= 0.3 is 0 Å². The van der Waals surface area contributed by atoms with Crippen molar-refractivity contribution >= 4 is 5.69 Å². The second-order valence-electron chi connectivity index (χ2n) is 5.79. The molecular weight excluding hydrogens is 246 g/mol. The van der Waals surface area contributed by atoms with E-state index >= 15 is 0 Å². The summed E-state index contributed by atoms with van der Waals surface area (Å²) in [6.07, 6.45) is 7.32. The highest BCUT2D eigenvalue weighted by molar-refractivity contribution is 5.47. The van der Waals surface area contributed by atoms with Gasteiger partial charge in [0.2, 0.25) is 0 Å². The van der Waals surface area contributed by atoms with E-state index in [-0.39, 0.29) is 0 Å². The fourth-order valence-electron chi connectivity index (χ4n) is 2.42. The molecule has 114 valence electrons. The van der Waals surface area contributed by atoms with Crippen LogP contribution in [0.15, 0.2) is 18.2 Å². The Labute approximate surface area is 124 Å². The quantitative estimate of drug-likeness (QED) is 0.495. The molecule has 0 aliphatic carbocycles. The van der Waals surface area contributed by atoms with E-state index in [0.29, 0.717) is 0 Å². The predicted molar refractivity (Wildman–Crippen MR) is 88.0 cm³/mol. The Morgan fingerprint density at radius 1 is 1.20 bits per heavy atom. The first kappa shape index (κ1) is 17.0. The lowest BCUT2D eigenvalue weighted by Crippen LogP contribution is -2.10. The molecule has 0 bridgehead atoms. The van der Waals surface area contributed by atoms with Crippen LogP contribution in [-0.2, 0) is 11.2 Å². The van der Waals surface area contributed by atoms with Gasteiger partial charge in [0.05, 0.1) is 0 Å². The number of anilines is 1. The van der Waals surface area contributed by atoms with Crippen LogP contribution in [0.3, 0.4) is 0 Å². The maximum absolute atomic E-state index is 5.83. The van der Waals surface area contributed by atoms with Crippen molar-refractivity contribution in [2.24, 2.45) is 5.92 Å². The molecule has 0 aromatic heterocycles. The van der Waals surface area contributed by atoms with Crippen LogP contribution < -0.4 is 5.73 Å². The predicted octanol–water partition coefficient (Wildman–Crippen LogP) is 4.74. The van der Waals surface area contributed by atoms with E-state index in [9.17, 15) is 0 Å². The molecule has 2 heteroatoms. The zero-order valence-electron chi connectivity index (χ0n) is 13.5. The third kappa shape index (κ3) is 6.42. The van der Waals surface area contributed by atoms with Crippen molar-refractivity contribution in [1.29, 1.82) is 0 Å². The summed E-state index contributed by atoms with van der Waals surface area (Å²) < 4.78 is 5.83. The monoisotopic (exact) mass is 277 g/mol. The normalized spacial score (nSPS) is 12.6. The van der Waals surface area contributed by atoms with Crippen molar-refractivity contribution in [1.82, 2.24) is 0 Å². The van der Waals surface area contributed by atoms with Crippen LogP contribution >= 0.6 is 0 Å². The summed E-state index contributed by atoms with van der Waals surface area (Å²) in [5.74, 6) is 0.744. The van der Waals surface area contributed by atoms with Crippen LogP contribution in [-0.4, -0.2) is 13.2 Å². The van der Waals surface area contributed by atoms with Gasteiger partial charge in [0.1, 0.15) is 0 Å². The van der Waals surface area contributed by atoms with Gasteiger partial charge in [-0.25, -0.2) is 0 Å². The molecule has 1 rings (SSSR count). The molecule has 20 heavy (non-hydrogen) atoms. The Bertz CT molecular complexity index is 376. The van der Waals surface area contributed by atoms with E-state index < -0.39 is 0 Å². The molecular formula is C18H31NO. The van der Waals surface area contributed by atoms with E-state index in [1.807, 2.05) is 6.07 Å². The molecule has 2 nitrogen and oxygen atoms in total. The van der Waals surface area contributed by atoms with E-state index in [1.54, 1.807) is 0 Å². The average molecular weight is 277 g/mol. The summed E-state index contributed by atoms with van der Waals surface area (Å²) in [6, 6.07) is 6.31. The van der Waals surface area contributed by atoms with Crippen molar-refractivity contribution in [3.63, 3.8) is 0 Å². The molecule has 1 aromatic carbocycles. The minimum Gasteiger partial charge on any atom is -0.399 e. The number of hydrogen-bond acceptors (Lipinski definition) is 2. The van der Waals surface area contributed by atoms with Crippen molar-refractivity contribution in [2.75, 3.05) is 18.9 Å². The fraction of sp³-hybridized carbons (Fsp3) is 0.667. The number of nitrogens with two attached hydrogens (primary N) is 1. The molecule has 0 saturated carbocycles. The molecule has 0 saturated heterocycles. The smallest absolute Gasteiger partial charge is 0.0494 e. The Kier molecular flexibility index (Phi) is 8.36. The van der Waals surface area contributed by atoms with Crippen LogP contribution in [0.5, 0.6) is 0 Å². The van der Waals surface area contributed by atoms with Crippen LogP contribution in [0.4, 0.5) is 5.69 Å². The van der Waals surface area contributed by atoms with Crippen molar-refractivity contribution < 1.29 is 4.74 Å². The lowest BCUT2D eigenvalue weighted by Gasteiger charge is -2.14. The Morgan fingerprint density at radius 2 is 2.00 bits per heavy atom. The summed E-state index contributed by atoms with van der Waals surface area (Å²) >= 11 is 0. The van der Waals surface area contributed by atoms with Gasteiger partial charge < -0.3 is 10.5 Å². The molecule has 0 aliphatic heterocycles. The maximum atomic E-state index is 5.83. The highest BCUT2D eigenvalue weighted by atomic mass is 16.5. The summed E-state index contributed by atoms with van der Waals surface area (Å²) in [5.41, 5.74) is 9.24. The Morgan fingerprint density at radius 3 is 2.65 bits per heavy atom. The third-order valence-corrected chi connectivity index (χ3v) is 3.99. The first-order valence-electron chi connectivity index (χ1n) is 8.10. The second kappa shape index (κ2) is 9.82. The van der Waals surface area contributed by atoms with Gasteiger partial charge in [-0.1, -0.05) is 45.2 Å². The minimum absolute atomic E-state index is 0.744. The number of hydrogen-bond donors (Lipinski definition) is 1. The zero-order chi connectivity index (χ0) is 14.8. The number of benzene rings is 1. The maximum Gasteiger partial charge on any atom is 0.0494 e. The van der Waals surface area contributed by atoms with E-state index in [2.05, 4.69) is 32.9 Å². The highest BCUT2D eigenvalue weighted by Crippen LogP contribution is 2.15. The van der Waals surface area contributed by atoms with Crippen molar-refractivity contribution in [2.45, 2.75) is 59.3 Å². The van der Waals surface area contributed by atoms with E-state index in [1.165, 1.54) is 36.8 Å². The van der Waals surface area contributed by atoms with Crippen molar-refractivity contribution in [3.8, 4) is 0 Å². The molecule has 2 N–H and O–H groups in total. The summed E-state index contributed by atoms with van der Waals surface area (Å²) in [4.78, 5) is 0. The van der Waals surface area contributed by atoms with Gasteiger partial charge in [-0.15, -0.1) is 0 Å². The van der Waals surface area contributed by atoms with E-state index in [4.69, 9.17) is 10.5 Å². The topological polar surface area (TPSA) is 35.2 Å². The van der Waals surface area contributed by atoms with Crippen LogP contribution in [0.1, 0.15) is 57.1 Å².